The second-order valence-electron chi connectivity index (χ2n) is 11.4. The number of aliphatic hydroxyl groups is 1. The predicted molar refractivity (Wildman–Crippen MR) is 152 cm³/mol. The van der Waals surface area contributed by atoms with Crippen molar-refractivity contribution in [3.63, 3.8) is 0 Å². The van der Waals surface area contributed by atoms with Crippen LogP contribution in [0.25, 0.3) is 11.1 Å². The van der Waals surface area contributed by atoms with E-state index >= 15 is 0 Å². The third-order valence-electron chi connectivity index (χ3n) is 8.21. The Kier molecular flexibility index (Phi) is 8.65. The predicted octanol–water partition coefficient (Wildman–Crippen LogP) is 8.98. The molecule has 0 heterocycles. The Morgan fingerprint density at radius 3 is 1.94 bits per heavy atom. The first-order chi connectivity index (χ1) is 16.6. The molecule has 35 heavy (non-hydrogen) atoms. The van der Waals surface area contributed by atoms with E-state index in [1.54, 1.807) is 0 Å². The van der Waals surface area contributed by atoms with Crippen LogP contribution in [0, 0.1) is 19.3 Å². The fourth-order valence-electron chi connectivity index (χ4n) is 5.48. The van der Waals surface area contributed by atoms with Gasteiger partial charge in [0, 0.05) is 5.41 Å². The average Bonchev–Trinajstić information content (AvgIpc) is 2.84. The van der Waals surface area contributed by atoms with E-state index in [-0.39, 0.29) is 16.9 Å². The van der Waals surface area contributed by atoms with E-state index in [1.807, 2.05) is 0 Å². The van der Waals surface area contributed by atoms with Crippen LogP contribution in [0.1, 0.15) is 94.2 Å². The highest BCUT2D eigenvalue weighted by molar-refractivity contribution is 5.69. The van der Waals surface area contributed by atoms with Crippen molar-refractivity contribution >= 4 is 0 Å². The summed E-state index contributed by atoms with van der Waals surface area (Å²) in [7, 11) is 0. The molecular formula is C34H46O. The first-order valence-corrected chi connectivity index (χ1v) is 13.5. The molecular weight excluding hydrogens is 424 g/mol. The van der Waals surface area contributed by atoms with E-state index in [1.165, 1.54) is 44.5 Å². The maximum Gasteiger partial charge on any atom is 0.0591 e. The minimum absolute atomic E-state index is 0.00275. The molecule has 3 aromatic rings. The highest BCUT2D eigenvalue weighted by atomic mass is 16.3. The average molecular weight is 471 g/mol. The highest BCUT2D eigenvalue weighted by Crippen LogP contribution is 2.41. The molecule has 3 rings (SSSR count). The van der Waals surface area contributed by atoms with Crippen LogP contribution in [-0.2, 0) is 18.3 Å². The third-order valence-corrected chi connectivity index (χ3v) is 8.21. The monoisotopic (exact) mass is 470 g/mol. The van der Waals surface area contributed by atoms with Crippen molar-refractivity contribution in [3.05, 3.63) is 94.0 Å². The molecule has 1 unspecified atom stereocenters. The molecule has 0 bridgehead atoms. The van der Waals surface area contributed by atoms with Gasteiger partial charge >= 0.3 is 0 Å². The van der Waals surface area contributed by atoms with Gasteiger partial charge in [-0.3, -0.25) is 0 Å². The molecule has 1 atom stereocenters. The van der Waals surface area contributed by atoms with Crippen LogP contribution in [0.5, 0.6) is 0 Å². The fraction of sp³-hybridized carbons (Fsp3) is 0.471. The molecule has 0 saturated heterocycles. The number of aliphatic hydroxyl groups excluding tert-OH is 1. The molecule has 0 amide bonds. The minimum Gasteiger partial charge on any atom is -0.393 e. The van der Waals surface area contributed by atoms with E-state index in [0.29, 0.717) is 0 Å². The Balaban J connectivity index is 1.94. The largest absolute Gasteiger partial charge is 0.393 e. The zero-order valence-corrected chi connectivity index (χ0v) is 23.3. The quantitative estimate of drug-likeness (QED) is 0.331. The lowest BCUT2D eigenvalue weighted by Gasteiger charge is -2.34. The maximum atomic E-state index is 10.5. The summed E-state index contributed by atoms with van der Waals surface area (Å²) in [6.07, 6.45) is 4.62. The van der Waals surface area contributed by atoms with Crippen LogP contribution in [-0.4, -0.2) is 11.2 Å². The third kappa shape index (κ3) is 5.89. The lowest BCUT2D eigenvalue weighted by atomic mass is 9.69. The Morgan fingerprint density at radius 1 is 0.771 bits per heavy atom. The van der Waals surface area contributed by atoms with Crippen LogP contribution in [0.4, 0.5) is 0 Å². The van der Waals surface area contributed by atoms with Crippen molar-refractivity contribution in [2.45, 2.75) is 99.0 Å². The summed E-state index contributed by atoms with van der Waals surface area (Å²) in [6, 6.07) is 23.1. The molecule has 188 valence electrons. The standard InChI is InChI=1S/C34H46O/c1-9-26-13-12-14-28(23-26)31-19-18-30(22-25(31)5)34(10-2,11-3)29-17-15-27(24(4)21-29)16-20-32(35)33(6,7)8/h12-15,17-19,21-23,32,35H,9-11,16,20H2,1-8H3. The molecule has 0 aliphatic carbocycles. The molecule has 0 aliphatic rings. The van der Waals surface area contributed by atoms with Gasteiger partial charge in [0.1, 0.15) is 0 Å². The number of rotatable bonds is 9. The van der Waals surface area contributed by atoms with Gasteiger partial charge in [-0.25, -0.2) is 0 Å². The van der Waals surface area contributed by atoms with E-state index in [4.69, 9.17) is 0 Å². The summed E-state index contributed by atoms with van der Waals surface area (Å²) in [5, 5.41) is 10.5. The lowest BCUT2D eigenvalue weighted by Crippen LogP contribution is -2.27. The molecule has 0 aliphatic heterocycles. The molecule has 0 radical (unpaired) electrons. The number of hydrogen-bond donors (Lipinski definition) is 1. The maximum absolute atomic E-state index is 10.5. The Bertz CT molecular complexity index is 1130. The second-order valence-corrected chi connectivity index (χ2v) is 11.4. The molecule has 0 aromatic heterocycles. The van der Waals surface area contributed by atoms with Gasteiger partial charge in [0.25, 0.3) is 0 Å². The van der Waals surface area contributed by atoms with E-state index in [9.17, 15) is 5.11 Å². The number of hydrogen-bond acceptors (Lipinski definition) is 1. The van der Waals surface area contributed by atoms with E-state index < -0.39 is 0 Å². The summed E-state index contributed by atoms with van der Waals surface area (Å²) in [4.78, 5) is 0. The van der Waals surface area contributed by atoms with Crippen LogP contribution in [0.3, 0.4) is 0 Å². The SMILES string of the molecule is CCc1cccc(-c2ccc(C(CC)(CC)c3ccc(CCC(O)C(C)(C)C)c(C)c3)cc2C)c1. The van der Waals surface area contributed by atoms with Crippen LogP contribution >= 0.6 is 0 Å². The van der Waals surface area contributed by atoms with Crippen LogP contribution < -0.4 is 0 Å². The van der Waals surface area contributed by atoms with E-state index in [2.05, 4.69) is 116 Å². The van der Waals surface area contributed by atoms with Crippen molar-refractivity contribution in [3.8, 4) is 11.1 Å². The number of benzene rings is 3. The van der Waals surface area contributed by atoms with Gasteiger partial charge in [-0.2, -0.15) is 0 Å². The van der Waals surface area contributed by atoms with Gasteiger partial charge in [-0.15, -0.1) is 0 Å². The van der Waals surface area contributed by atoms with Crippen LogP contribution in [0.15, 0.2) is 60.7 Å². The first kappa shape index (κ1) is 27.2. The lowest BCUT2D eigenvalue weighted by molar-refractivity contribution is 0.0560. The van der Waals surface area contributed by atoms with Gasteiger partial charge in [0.2, 0.25) is 0 Å². The van der Waals surface area contributed by atoms with Crippen molar-refractivity contribution in [2.24, 2.45) is 5.41 Å². The highest BCUT2D eigenvalue weighted by Gasteiger charge is 2.31. The molecule has 0 spiro atoms. The molecule has 3 aromatic carbocycles. The first-order valence-electron chi connectivity index (χ1n) is 13.5. The zero-order valence-electron chi connectivity index (χ0n) is 23.3. The Labute approximate surface area is 214 Å². The normalized spacial score (nSPS) is 13.2. The van der Waals surface area contributed by atoms with Crippen LogP contribution in [0.2, 0.25) is 0 Å². The fourth-order valence-corrected chi connectivity index (χ4v) is 5.48. The summed E-state index contributed by atoms with van der Waals surface area (Å²) in [5.74, 6) is 0. The van der Waals surface area contributed by atoms with Gasteiger partial charge in [0.15, 0.2) is 0 Å². The zero-order chi connectivity index (χ0) is 25.8. The summed E-state index contributed by atoms with van der Waals surface area (Å²) < 4.78 is 0. The smallest absolute Gasteiger partial charge is 0.0591 e. The molecule has 1 N–H and O–H groups in total. The van der Waals surface area contributed by atoms with Gasteiger partial charge in [-0.05, 0) is 95.9 Å². The van der Waals surface area contributed by atoms with Gasteiger partial charge in [0.05, 0.1) is 6.10 Å². The Hall–Kier alpha value is -2.38. The van der Waals surface area contributed by atoms with Crippen molar-refractivity contribution in [1.82, 2.24) is 0 Å². The van der Waals surface area contributed by atoms with Gasteiger partial charge < -0.3 is 5.11 Å². The van der Waals surface area contributed by atoms with Crippen molar-refractivity contribution in [2.75, 3.05) is 0 Å². The summed E-state index contributed by atoms with van der Waals surface area (Å²) in [5.41, 5.74) is 10.8. The minimum atomic E-state index is -0.286. The van der Waals surface area contributed by atoms with E-state index in [0.717, 1.165) is 32.1 Å². The Morgan fingerprint density at radius 2 is 1.40 bits per heavy atom. The molecule has 0 saturated carbocycles. The summed E-state index contributed by atoms with van der Waals surface area (Å²) >= 11 is 0. The molecule has 1 nitrogen and oxygen atoms in total. The topological polar surface area (TPSA) is 20.2 Å². The molecule has 1 heteroatoms. The van der Waals surface area contributed by atoms with Crippen molar-refractivity contribution < 1.29 is 5.11 Å². The second kappa shape index (κ2) is 11.1. The summed E-state index contributed by atoms with van der Waals surface area (Å²) in [6.45, 7) is 17.7. The van der Waals surface area contributed by atoms with Gasteiger partial charge in [-0.1, -0.05) is 102 Å². The molecule has 0 fully saturated rings. The van der Waals surface area contributed by atoms with Crippen molar-refractivity contribution in [1.29, 1.82) is 0 Å². The number of aryl methyl sites for hydroxylation is 4.